The molecule has 0 saturated carbocycles. The van der Waals surface area contributed by atoms with Gasteiger partial charge in [-0.3, -0.25) is 0 Å². The van der Waals surface area contributed by atoms with Crippen molar-refractivity contribution in [2.45, 2.75) is 6.61 Å². The Morgan fingerprint density at radius 1 is 0.733 bits per heavy atom. The Bertz CT molecular complexity index is 1280. The standard InChI is InChI=1S/C26H17F3O/c1-30-16-18-3-6-19(7-4-18)21-10-9-20(25(28)15-21)8-2-17-5-12-23-22(14-17)11-13-24(27)26(23)29/h3-7,9-15H,16H2,1H3. The summed E-state index contributed by atoms with van der Waals surface area (Å²) >= 11 is 0. The van der Waals surface area contributed by atoms with Crippen LogP contribution in [-0.4, -0.2) is 7.11 Å². The lowest BCUT2D eigenvalue weighted by Crippen LogP contribution is -1.89. The molecule has 4 heteroatoms. The van der Waals surface area contributed by atoms with Gasteiger partial charge in [-0.15, -0.1) is 0 Å². The normalized spacial score (nSPS) is 10.7. The third-order valence-corrected chi connectivity index (χ3v) is 4.82. The number of hydrogen-bond donors (Lipinski definition) is 0. The number of ether oxygens (including phenoxy) is 1. The van der Waals surface area contributed by atoms with Gasteiger partial charge < -0.3 is 4.74 Å². The average Bonchev–Trinajstić information content (AvgIpc) is 2.76. The summed E-state index contributed by atoms with van der Waals surface area (Å²) in [6, 6.07) is 19.9. The Balaban J connectivity index is 1.60. The monoisotopic (exact) mass is 402 g/mol. The molecule has 0 amide bonds. The maximum atomic E-state index is 14.6. The van der Waals surface area contributed by atoms with Crippen molar-refractivity contribution in [1.82, 2.24) is 0 Å². The molecular formula is C26H17F3O. The van der Waals surface area contributed by atoms with Crippen molar-refractivity contribution in [2.75, 3.05) is 7.11 Å². The van der Waals surface area contributed by atoms with Crippen LogP contribution in [0.15, 0.2) is 72.8 Å². The predicted octanol–water partition coefficient (Wildman–Crippen LogP) is 6.47. The van der Waals surface area contributed by atoms with E-state index in [1.807, 2.05) is 30.3 Å². The molecule has 0 aromatic heterocycles. The minimum atomic E-state index is -0.892. The van der Waals surface area contributed by atoms with E-state index in [1.54, 1.807) is 25.3 Å². The predicted molar refractivity (Wildman–Crippen MR) is 112 cm³/mol. The Kier molecular flexibility index (Phi) is 5.56. The molecule has 30 heavy (non-hydrogen) atoms. The summed E-state index contributed by atoms with van der Waals surface area (Å²) in [5, 5.41) is 0.723. The molecule has 148 valence electrons. The fraction of sp³-hybridized carbons (Fsp3) is 0.0769. The van der Waals surface area contributed by atoms with E-state index in [0.717, 1.165) is 22.8 Å². The highest BCUT2D eigenvalue weighted by atomic mass is 19.2. The summed E-state index contributed by atoms with van der Waals surface area (Å²) in [7, 11) is 1.64. The lowest BCUT2D eigenvalue weighted by atomic mass is 10.0. The third kappa shape index (κ3) is 4.07. The maximum Gasteiger partial charge on any atom is 0.166 e. The van der Waals surface area contributed by atoms with Crippen LogP contribution in [0, 0.1) is 29.3 Å². The second-order valence-electron chi connectivity index (χ2n) is 6.87. The molecule has 0 N–H and O–H groups in total. The van der Waals surface area contributed by atoms with Gasteiger partial charge in [-0.2, -0.15) is 0 Å². The summed E-state index contributed by atoms with van der Waals surface area (Å²) in [6.45, 7) is 0.527. The minimum absolute atomic E-state index is 0.188. The third-order valence-electron chi connectivity index (χ3n) is 4.82. The molecule has 4 aromatic rings. The van der Waals surface area contributed by atoms with Crippen LogP contribution in [0.1, 0.15) is 16.7 Å². The summed E-state index contributed by atoms with van der Waals surface area (Å²) < 4.78 is 46.8. The van der Waals surface area contributed by atoms with Crippen LogP contribution < -0.4 is 0 Å². The van der Waals surface area contributed by atoms with Gasteiger partial charge in [-0.05, 0) is 52.4 Å². The molecule has 0 spiro atoms. The fourth-order valence-corrected chi connectivity index (χ4v) is 3.24. The number of hydrogen-bond acceptors (Lipinski definition) is 1. The number of methoxy groups -OCH3 is 1. The summed E-state index contributed by atoms with van der Waals surface area (Å²) in [4.78, 5) is 0. The van der Waals surface area contributed by atoms with Crippen LogP contribution in [-0.2, 0) is 11.3 Å². The minimum Gasteiger partial charge on any atom is -0.380 e. The van der Waals surface area contributed by atoms with Crippen LogP contribution in [0.3, 0.4) is 0 Å². The SMILES string of the molecule is COCc1ccc(-c2ccc(C#Cc3ccc4c(F)c(F)ccc4c3)c(F)c2)cc1. The maximum absolute atomic E-state index is 14.6. The highest BCUT2D eigenvalue weighted by Crippen LogP contribution is 2.23. The first-order chi connectivity index (χ1) is 14.5. The summed E-state index contributed by atoms with van der Waals surface area (Å²) in [6.07, 6.45) is 0. The number of halogens is 3. The van der Waals surface area contributed by atoms with Crippen molar-refractivity contribution >= 4 is 10.8 Å². The zero-order valence-corrected chi connectivity index (χ0v) is 16.2. The zero-order chi connectivity index (χ0) is 21.1. The van der Waals surface area contributed by atoms with Gasteiger partial charge in [0.1, 0.15) is 5.82 Å². The van der Waals surface area contributed by atoms with Crippen LogP contribution in [0.5, 0.6) is 0 Å². The first kappa shape index (κ1) is 19.8. The lowest BCUT2D eigenvalue weighted by Gasteiger charge is -2.05. The van der Waals surface area contributed by atoms with E-state index in [0.29, 0.717) is 17.6 Å². The molecular weight excluding hydrogens is 385 g/mol. The van der Waals surface area contributed by atoms with Crippen LogP contribution in [0.4, 0.5) is 13.2 Å². The number of benzene rings is 4. The van der Waals surface area contributed by atoms with E-state index in [9.17, 15) is 13.2 Å². The number of fused-ring (bicyclic) bond motifs is 1. The van der Waals surface area contributed by atoms with Crippen LogP contribution >= 0.6 is 0 Å². The molecule has 0 bridgehead atoms. The molecule has 0 aliphatic heterocycles. The molecule has 0 fully saturated rings. The van der Waals surface area contributed by atoms with Crippen molar-refractivity contribution in [3.8, 4) is 23.0 Å². The molecule has 0 aliphatic rings. The topological polar surface area (TPSA) is 9.23 Å². The smallest absolute Gasteiger partial charge is 0.166 e. The van der Waals surface area contributed by atoms with Gasteiger partial charge in [0.15, 0.2) is 11.6 Å². The first-order valence-corrected chi connectivity index (χ1v) is 9.33. The Hall–Kier alpha value is -3.55. The molecule has 0 heterocycles. The zero-order valence-electron chi connectivity index (χ0n) is 16.2. The average molecular weight is 402 g/mol. The molecule has 4 rings (SSSR count). The van der Waals surface area contributed by atoms with Gasteiger partial charge in [0, 0.05) is 18.1 Å². The van der Waals surface area contributed by atoms with E-state index >= 15 is 0 Å². The van der Waals surface area contributed by atoms with E-state index in [1.165, 1.54) is 18.2 Å². The van der Waals surface area contributed by atoms with Crippen molar-refractivity contribution in [3.05, 3.63) is 107 Å². The summed E-state index contributed by atoms with van der Waals surface area (Å²) in [5.74, 6) is 3.51. The van der Waals surface area contributed by atoms with Crippen LogP contribution in [0.25, 0.3) is 21.9 Å². The van der Waals surface area contributed by atoms with Crippen molar-refractivity contribution in [3.63, 3.8) is 0 Å². The molecule has 0 atom stereocenters. The fourth-order valence-electron chi connectivity index (χ4n) is 3.24. The van der Waals surface area contributed by atoms with Crippen molar-refractivity contribution < 1.29 is 17.9 Å². The molecule has 0 radical (unpaired) electrons. The van der Waals surface area contributed by atoms with E-state index in [4.69, 9.17) is 4.74 Å². The molecule has 4 aromatic carbocycles. The second-order valence-corrected chi connectivity index (χ2v) is 6.87. The number of rotatable bonds is 3. The molecule has 0 aliphatic carbocycles. The largest absolute Gasteiger partial charge is 0.380 e. The van der Waals surface area contributed by atoms with Crippen molar-refractivity contribution in [2.24, 2.45) is 0 Å². The van der Waals surface area contributed by atoms with E-state index in [-0.39, 0.29) is 10.9 Å². The van der Waals surface area contributed by atoms with Crippen molar-refractivity contribution in [1.29, 1.82) is 0 Å². The van der Waals surface area contributed by atoms with E-state index < -0.39 is 17.5 Å². The Morgan fingerprint density at radius 2 is 1.50 bits per heavy atom. The van der Waals surface area contributed by atoms with Gasteiger partial charge in [0.25, 0.3) is 0 Å². The Morgan fingerprint density at radius 3 is 2.23 bits per heavy atom. The quantitative estimate of drug-likeness (QED) is 0.357. The van der Waals surface area contributed by atoms with Gasteiger partial charge in [-0.25, -0.2) is 13.2 Å². The molecule has 0 saturated heterocycles. The first-order valence-electron chi connectivity index (χ1n) is 9.33. The summed E-state index contributed by atoms with van der Waals surface area (Å²) in [5.41, 5.74) is 3.55. The highest BCUT2D eigenvalue weighted by molar-refractivity contribution is 5.84. The van der Waals surface area contributed by atoms with Crippen LogP contribution in [0.2, 0.25) is 0 Å². The Labute approximate surface area is 172 Å². The van der Waals surface area contributed by atoms with Gasteiger partial charge in [0.2, 0.25) is 0 Å². The lowest BCUT2D eigenvalue weighted by molar-refractivity contribution is 0.185. The molecule has 0 unspecified atom stereocenters. The van der Waals surface area contributed by atoms with Gasteiger partial charge in [0.05, 0.1) is 12.2 Å². The second kappa shape index (κ2) is 8.44. The molecule has 1 nitrogen and oxygen atoms in total. The van der Waals surface area contributed by atoms with Gasteiger partial charge >= 0.3 is 0 Å². The van der Waals surface area contributed by atoms with E-state index in [2.05, 4.69) is 11.8 Å². The highest BCUT2D eigenvalue weighted by Gasteiger charge is 2.07. The van der Waals surface area contributed by atoms with Gasteiger partial charge in [-0.1, -0.05) is 54.3 Å².